The molecule has 2 aromatic rings. The van der Waals surface area contributed by atoms with Crippen molar-refractivity contribution in [2.75, 3.05) is 18.5 Å². The number of nitrogens with one attached hydrogen (secondary N) is 2. The first-order valence-electron chi connectivity index (χ1n) is 12.2. The number of amides is 1. The highest BCUT2D eigenvalue weighted by Crippen LogP contribution is 2.34. The van der Waals surface area contributed by atoms with E-state index in [4.69, 9.17) is 9.72 Å². The Hall–Kier alpha value is -3.00. The molecule has 0 radical (unpaired) electrons. The van der Waals surface area contributed by atoms with E-state index in [0.29, 0.717) is 23.8 Å². The number of hydrogen-bond donors (Lipinski definition) is 3. The van der Waals surface area contributed by atoms with Crippen molar-refractivity contribution in [2.24, 2.45) is 5.92 Å². The number of ether oxygens (including phenoxy) is 1. The third kappa shape index (κ3) is 5.91. The number of nitrogens with zero attached hydrogens (tertiary/aromatic N) is 2. The maximum absolute atomic E-state index is 12.6. The Labute approximate surface area is 200 Å². The fraction of sp³-hybridized carbons (Fsp3) is 0.538. The predicted molar refractivity (Wildman–Crippen MR) is 129 cm³/mol. The van der Waals surface area contributed by atoms with Crippen LogP contribution >= 0.6 is 0 Å². The van der Waals surface area contributed by atoms with Crippen LogP contribution in [0.2, 0.25) is 0 Å². The zero-order valence-corrected chi connectivity index (χ0v) is 20.0. The van der Waals surface area contributed by atoms with Crippen molar-refractivity contribution in [1.29, 1.82) is 0 Å². The van der Waals surface area contributed by atoms with Crippen LogP contribution in [0.4, 0.5) is 5.82 Å². The molecule has 2 aromatic heterocycles. The lowest BCUT2D eigenvalue weighted by Gasteiger charge is -2.35. The molecule has 0 spiro atoms. The van der Waals surface area contributed by atoms with Crippen LogP contribution in [0.1, 0.15) is 65.0 Å². The Balaban J connectivity index is 1.17. The zero-order valence-electron chi connectivity index (χ0n) is 20.0. The van der Waals surface area contributed by atoms with Crippen LogP contribution in [-0.4, -0.2) is 52.2 Å². The Morgan fingerprint density at radius 2 is 2.09 bits per heavy atom. The summed E-state index contributed by atoms with van der Waals surface area (Å²) in [7, 11) is 0. The van der Waals surface area contributed by atoms with Gasteiger partial charge in [0.2, 0.25) is 0 Å². The van der Waals surface area contributed by atoms with Gasteiger partial charge in [-0.3, -0.25) is 9.78 Å². The van der Waals surface area contributed by atoms with Gasteiger partial charge in [-0.25, -0.2) is 9.78 Å². The van der Waals surface area contributed by atoms with Gasteiger partial charge in [-0.15, -0.1) is 0 Å². The Bertz CT molecular complexity index is 1020. The molecule has 3 heterocycles. The summed E-state index contributed by atoms with van der Waals surface area (Å²) in [5.41, 5.74) is 4.24. The van der Waals surface area contributed by atoms with E-state index in [1.165, 1.54) is 12.0 Å². The number of carboxylic acid groups (broad SMARTS) is 1. The molecule has 1 saturated carbocycles. The van der Waals surface area contributed by atoms with Crippen molar-refractivity contribution in [3.8, 4) is 0 Å². The SMILES string of the molecule is Cc1ccnc(C)c1C(=O)NC(CCOC1CC(CCc2ccc3c(n2)NCCC3)C1)C(=O)O. The van der Waals surface area contributed by atoms with Crippen molar-refractivity contribution in [1.82, 2.24) is 15.3 Å². The lowest BCUT2D eigenvalue weighted by Crippen LogP contribution is -2.42. The number of rotatable bonds is 10. The highest BCUT2D eigenvalue weighted by Gasteiger charge is 2.30. The lowest BCUT2D eigenvalue weighted by molar-refractivity contribution is -0.140. The molecule has 0 aromatic carbocycles. The smallest absolute Gasteiger partial charge is 0.326 e. The molecular formula is C26H34N4O4. The second-order valence-corrected chi connectivity index (χ2v) is 9.45. The van der Waals surface area contributed by atoms with Gasteiger partial charge >= 0.3 is 5.97 Å². The van der Waals surface area contributed by atoms with Crippen molar-refractivity contribution in [3.05, 3.63) is 52.5 Å². The molecule has 1 atom stereocenters. The average molecular weight is 467 g/mol. The molecule has 8 heteroatoms. The quantitative estimate of drug-likeness (QED) is 0.491. The monoisotopic (exact) mass is 466 g/mol. The summed E-state index contributed by atoms with van der Waals surface area (Å²) in [6.07, 6.45) is 8.32. The summed E-state index contributed by atoms with van der Waals surface area (Å²) in [5.74, 6) is 0.189. The summed E-state index contributed by atoms with van der Waals surface area (Å²) in [6.45, 7) is 4.86. The first kappa shape index (κ1) is 24.1. The average Bonchev–Trinajstić information content (AvgIpc) is 2.78. The molecule has 34 heavy (non-hydrogen) atoms. The first-order valence-corrected chi connectivity index (χ1v) is 12.2. The topological polar surface area (TPSA) is 113 Å². The van der Waals surface area contributed by atoms with Gasteiger partial charge < -0.3 is 20.5 Å². The van der Waals surface area contributed by atoms with Gasteiger partial charge in [0, 0.05) is 31.5 Å². The van der Waals surface area contributed by atoms with Gasteiger partial charge in [-0.1, -0.05) is 6.07 Å². The summed E-state index contributed by atoms with van der Waals surface area (Å²) in [4.78, 5) is 33.2. The fourth-order valence-electron chi connectivity index (χ4n) is 4.78. The van der Waals surface area contributed by atoms with E-state index in [1.54, 1.807) is 19.2 Å². The molecular weight excluding hydrogens is 432 g/mol. The fourth-order valence-corrected chi connectivity index (χ4v) is 4.78. The molecule has 1 aliphatic heterocycles. The zero-order chi connectivity index (χ0) is 24.1. The van der Waals surface area contributed by atoms with Gasteiger partial charge in [0.15, 0.2) is 0 Å². The highest BCUT2D eigenvalue weighted by atomic mass is 16.5. The van der Waals surface area contributed by atoms with Gasteiger partial charge in [0.1, 0.15) is 11.9 Å². The second kappa shape index (κ2) is 11.0. The standard InChI is InChI=1S/C26H34N4O4/c1-16-9-12-27-17(2)23(16)25(31)30-22(26(32)33)10-13-34-21-14-18(15-21)5-7-20-8-6-19-4-3-11-28-24(19)29-20/h6,8-9,12,18,21-22H,3-5,7,10-11,13-15H2,1-2H3,(H,28,29)(H,30,31)(H,32,33). The van der Waals surface area contributed by atoms with Crippen molar-refractivity contribution in [3.63, 3.8) is 0 Å². The van der Waals surface area contributed by atoms with Gasteiger partial charge in [0.05, 0.1) is 17.4 Å². The van der Waals surface area contributed by atoms with E-state index in [9.17, 15) is 14.7 Å². The van der Waals surface area contributed by atoms with Crippen molar-refractivity contribution in [2.45, 2.75) is 70.9 Å². The number of aromatic nitrogens is 2. The molecule has 3 N–H and O–H groups in total. The van der Waals surface area contributed by atoms with E-state index >= 15 is 0 Å². The molecule has 0 bridgehead atoms. The number of aliphatic carboxylic acids is 1. The summed E-state index contributed by atoms with van der Waals surface area (Å²) in [6, 6.07) is 5.09. The Morgan fingerprint density at radius 3 is 2.85 bits per heavy atom. The van der Waals surface area contributed by atoms with Crippen LogP contribution in [0.15, 0.2) is 24.4 Å². The number of carbonyl (C=O) groups excluding carboxylic acids is 1. The molecule has 182 valence electrons. The van der Waals surface area contributed by atoms with Gasteiger partial charge in [0.25, 0.3) is 5.91 Å². The summed E-state index contributed by atoms with van der Waals surface area (Å²) in [5, 5.41) is 15.6. The number of pyridine rings is 2. The highest BCUT2D eigenvalue weighted by molar-refractivity contribution is 5.98. The Morgan fingerprint density at radius 1 is 1.26 bits per heavy atom. The van der Waals surface area contributed by atoms with Crippen LogP contribution in [0.5, 0.6) is 0 Å². The van der Waals surface area contributed by atoms with E-state index in [0.717, 1.165) is 55.7 Å². The molecule has 0 saturated heterocycles. The molecule has 1 aliphatic carbocycles. The molecule has 8 nitrogen and oxygen atoms in total. The number of carbonyl (C=O) groups is 2. The van der Waals surface area contributed by atoms with E-state index in [2.05, 4.69) is 27.8 Å². The molecule has 1 amide bonds. The van der Waals surface area contributed by atoms with Crippen LogP contribution in [0.25, 0.3) is 0 Å². The van der Waals surface area contributed by atoms with E-state index < -0.39 is 17.9 Å². The largest absolute Gasteiger partial charge is 0.480 e. The van der Waals surface area contributed by atoms with Gasteiger partial charge in [-0.2, -0.15) is 0 Å². The number of hydrogen-bond acceptors (Lipinski definition) is 6. The van der Waals surface area contributed by atoms with Crippen LogP contribution in [-0.2, 0) is 22.4 Å². The first-order chi connectivity index (χ1) is 16.4. The minimum atomic E-state index is -1.06. The molecule has 1 unspecified atom stereocenters. The molecule has 2 aliphatic rings. The minimum absolute atomic E-state index is 0.163. The second-order valence-electron chi connectivity index (χ2n) is 9.45. The third-order valence-electron chi connectivity index (χ3n) is 6.89. The predicted octanol–water partition coefficient (Wildman–Crippen LogP) is 3.45. The van der Waals surface area contributed by atoms with Gasteiger partial charge in [-0.05, 0) is 81.5 Å². The van der Waals surface area contributed by atoms with Crippen LogP contribution < -0.4 is 10.6 Å². The van der Waals surface area contributed by atoms with Crippen molar-refractivity contribution < 1.29 is 19.4 Å². The number of carboxylic acids is 1. The maximum atomic E-state index is 12.6. The van der Waals surface area contributed by atoms with Crippen molar-refractivity contribution >= 4 is 17.7 Å². The molecule has 4 rings (SSSR count). The molecule has 1 fully saturated rings. The summed E-state index contributed by atoms with van der Waals surface area (Å²) < 4.78 is 5.90. The number of fused-ring (bicyclic) bond motifs is 1. The maximum Gasteiger partial charge on any atom is 0.326 e. The normalized spacial score (nSPS) is 19.9. The third-order valence-corrected chi connectivity index (χ3v) is 6.89. The number of anilines is 1. The van der Waals surface area contributed by atoms with Crippen LogP contribution in [0, 0.1) is 19.8 Å². The lowest BCUT2D eigenvalue weighted by atomic mass is 9.79. The summed E-state index contributed by atoms with van der Waals surface area (Å²) >= 11 is 0. The number of aryl methyl sites for hydroxylation is 4. The van der Waals surface area contributed by atoms with E-state index in [1.807, 2.05) is 6.92 Å². The van der Waals surface area contributed by atoms with E-state index in [-0.39, 0.29) is 12.5 Å². The minimum Gasteiger partial charge on any atom is -0.480 e. The van der Waals surface area contributed by atoms with Crippen LogP contribution in [0.3, 0.4) is 0 Å². The Kier molecular flexibility index (Phi) is 7.77.